The summed E-state index contributed by atoms with van der Waals surface area (Å²) in [7, 11) is 0. The molecule has 0 fully saturated rings. The zero-order valence-electron chi connectivity index (χ0n) is 18.4. The Morgan fingerprint density at radius 3 is 2.41 bits per heavy atom. The van der Waals surface area contributed by atoms with Gasteiger partial charge in [0.15, 0.2) is 6.61 Å². The van der Waals surface area contributed by atoms with Crippen molar-refractivity contribution in [3.05, 3.63) is 88.9 Å². The molecule has 0 saturated heterocycles. The summed E-state index contributed by atoms with van der Waals surface area (Å²) in [5.74, 6) is -1.76. The Morgan fingerprint density at radius 1 is 0.912 bits per heavy atom. The number of benzene rings is 3. The third kappa shape index (κ3) is 7.46. The monoisotopic (exact) mass is 478 g/mol. The number of para-hydroxylation sites is 1. The van der Waals surface area contributed by atoms with E-state index in [1.807, 2.05) is 19.1 Å². The third-order valence-electron chi connectivity index (χ3n) is 4.58. The molecule has 0 aliphatic rings. The first-order valence-electron chi connectivity index (χ1n) is 10.4. The van der Waals surface area contributed by atoms with Gasteiger partial charge in [-0.15, -0.1) is 0 Å². The number of carbonyl (C=O) groups is 3. The summed E-state index contributed by atoms with van der Waals surface area (Å²) in [5.41, 5.74) is 4.87. The number of hydrogen-bond donors (Lipinski definition) is 3. The van der Waals surface area contributed by atoms with Gasteiger partial charge in [-0.25, -0.2) is 5.43 Å². The highest BCUT2D eigenvalue weighted by molar-refractivity contribution is 6.39. The number of ether oxygens (including phenoxy) is 1. The van der Waals surface area contributed by atoms with E-state index in [0.717, 1.165) is 12.0 Å². The smallest absolute Gasteiger partial charge is 0.329 e. The molecule has 3 rings (SSSR count). The molecule has 0 saturated carbocycles. The Hall–Kier alpha value is -4.17. The van der Waals surface area contributed by atoms with E-state index >= 15 is 0 Å². The van der Waals surface area contributed by atoms with Crippen LogP contribution in [-0.2, 0) is 20.8 Å². The van der Waals surface area contributed by atoms with Crippen LogP contribution < -0.4 is 20.8 Å². The van der Waals surface area contributed by atoms with Crippen LogP contribution in [0, 0.1) is 0 Å². The maximum Gasteiger partial charge on any atom is 0.329 e. The summed E-state index contributed by atoms with van der Waals surface area (Å²) in [6.07, 6.45) is 2.20. The van der Waals surface area contributed by atoms with Gasteiger partial charge in [-0.1, -0.05) is 48.9 Å². The second-order valence-corrected chi connectivity index (χ2v) is 7.53. The van der Waals surface area contributed by atoms with E-state index in [0.29, 0.717) is 27.7 Å². The highest BCUT2D eigenvalue weighted by Gasteiger charge is 2.13. The molecule has 3 aromatic carbocycles. The quantitative estimate of drug-likeness (QED) is 0.258. The molecule has 0 radical (unpaired) electrons. The predicted octanol–water partition coefficient (Wildman–Crippen LogP) is 4.01. The summed E-state index contributed by atoms with van der Waals surface area (Å²) in [4.78, 5) is 36.2. The fourth-order valence-corrected chi connectivity index (χ4v) is 3.04. The number of aryl methyl sites for hydroxylation is 1. The van der Waals surface area contributed by atoms with Gasteiger partial charge in [-0.2, -0.15) is 5.10 Å². The summed E-state index contributed by atoms with van der Waals surface area (Å²) in [6, 6.07) is 20.8. The lowest BCUT2D eigenvalue weighted by Crippen LogP contribution is -2.32. The Kier molecular flexibility index (Phi) is 8.76. The van der Waals surface area contributed by atoms with E-state index in [1.165, 1.54) is 6.21 Å². The average Bonchev–Trinajstić information content (AvgIpc) is 2.84. The van der Waals surface area contributed by atoms with Crippen molar-refractivity contribution in [1.82, 2.24) is 5.43 Å². The molecule has 174 valence electrons. The summed E-state index contributed by atoms with van der Waals surface area (Å²) < 4.78 is 5.58. The number of anilines is 2. The van der Waals surface area contributed by atoms with Gasteiger partial charge in [0.05, 0.1) is 6.21 Å². The van der Waals surface area contributed by atoms with Crippen molar-refractivity contribution >= 4 is 46.9 Å². The Bertz CT molecular complexity index is 1200. The minimum absolute atomic E-state index is 0.247. The topological polar surface area (TPSA) is 109 Å². The second-order valence-electron chi connectivity index (χ2n) is 7.09. The largest absolute Gasteiger partial charge is 0.483 e. The zero-order chi connectivity index (χ0) is 24.3. The summed E-state index contributed by atoms with van der Waals surface area (Å²) in [5, 5.41) is 9.51. The molecule has 9 heteroatoms. The molecule has 0 bridgehead atoms. The number of halogens is 1. The maximum absolute atomic E-state index is 12.2. The first-order chi connectivity index (χ1) is 16.4. The number of nitrogens with zero attached hydrogens (tertiary/aromatic N) is 1. The van der Waals surface area contributed by atoms with Crippen molar-refractivity contribution in [2.75, 3.05) is 17.2 Å². The van der Waals surface area contributed by atoms with Gasteiger partial charge >= 0.3 is 11.8 Å². The van der Waals surface area contributed by atoms with Crippen LogP contribution in [0.15, 0.2) is 77.9 Å². The molecule has 0 spiro atoms. The molecule has 3 amide bonds. The Morgan fingerprint density at radius 2 is 1.68 bits per heavy atom. The zero-order valence-corrected chi connectivity index (χ0v) is 19.1. The van der Waals surface area contributed by atoms with Crippen LogP contribution in [0.5, 0.6) is 5.75 Å². The lowest BCUT2D eigenvalue weighted by molar-refractivity contribution is -0.136. The van der Waals surface area contributed by atoms with Gasteiger partial charge in [0.25, 0.3) is 5.91 Å². The summed E-state index contributed by atoms with van der Waals surface area (Å²) in [6.45, 7) is 1.78. The number of nitrogens with one attached hydrogen (secondary N) is 3. The number of amides is 3. The van der Waals surface area contributed by atoms with Crippen molar-refractivity contribution in [1.29, 1.82) is 0 Å². The van der Waals surface area contributed by atoms with Crippen LogP contribution in [-0.4, -0.2) is 30.5 Å². The maximum atomic E-state index is 12.2. The van der Waals surface area contributed by atoms with Gasteiger partial charge in [0.1, 0.15) is 5.75 Å². The molecule has 0 heterocycles. The first-order valence-corrected chi connectivity index (χ1v) is 10.8. The fourth-order valence-electron chi connectivity index (χ4n) is 2.85. The second kappa shape index (κ2) is 12.2. The molecule has 8 nitrogen and oxygen atoms in total. The van der Waals surface area contributed by atoms with Crippen molar-refractivity contribution in [2.24, 2.45) is 5.10 Å². The van der Waals surface area contributed by atoms with Gasteiger partial charge in [-0.3, -0.25) is 14.4 Å². The minimum atomic E-state index is -0.921. The molecule has 0 atom stereocenters. The van der Waals surface area contributed by atoms with E-state index in [9.17, 15) is 14.4 Å². The molecule has 0 aliphatic heterocycles. The van der Waals surface area contributed by atoms with Crippen LogP contribution in [0.4, 0.5) is 11.4 Å². The predicted molar refractivity (Wildman–Crippen MR) is 132 cm³/mol. The standard InChI is InChI=1S/C25H23ClN4O4/c1-2-17-10-12-20(13-11-17)29-24(32)25(33)30-27-15-18-6-3-4-9-22(18)34-16-23(31)28-21-8-5-7-19(26)14-21/h3-15H,2,16H2,1H3,(H,28,31)(H,29,32)(H,30,33)/b27-15-. The van der Waals surface area contributed by atoms with E-state index in [2.05, 4.69) is 21.2 Å². The van der Waals surface area contributed by atoms with Crippen LogP contribution in [0.3, 0.4) is 0 Å². The van der Waals surface area contributed by atoms with E-state index < -0.39 is 11.8 Å². The molecular formula is C25H23ClN4O4. The molecule has 3 N–H and O–H groups in total. The molecule has 3 aromatic rings. The van der Waals surface area contributed by atoms with E-state index in [4.69, 9.17) is 16.3 Å². The van der Waals surface area contributed by atoms with Gasteiger partial charge in [-0.05, 0) is 54.4 Å². The molecule has 0 unspecified atom stereocenters. The minimum Gasteiger partial charge on any atom is -0.483 e. The van der Waals surface area contributed by atoms with Crippen molar-refractivity contribution < 1.29 is 19.1 Å². The van der Waals surface area contributed by atoms with E-state index in [1.54, 1.807) is 60.7 Å². The summed E-state index contributed by atoms with van der Waals surface area (Å²) >= 11 is 5.91. The highest BCUT2D eigenvalue weighted by atomic mass is 35.5. The number of hydrogen-bond acceptors (Lipinski definition) is 5. The SMILES string of the molecule is CCc1ccc(NC(=O)C(=O)N/N=C\c2ccccc2OCC(=O)Nc2cccc(Cl)c2)cc1. The van der Waals surface area contributed by atoms with Crippen molar-refractivity contribution in [3.63, 3.8) is 0 Å². The third-order valence-corrected chi connectivity index (χ3v) is 4.82. The normalized spacial score (nSPS) is 10.5. The molecular weight excluding hydrogens is 456 g/mol. The fraction of sp³-hybridized carbons (Fsp3) is 0.120. The molecule has 0 aromatic heterocycles. The van der Waals surface area contributed by atoms with E-state index in [-0.39, 0.29) is 12.5 Å². The van der Waals surface area contributed by atoms with Gasteiger partial charge in [0, 0.05) is 22.0 Å². The van der Waals surface area contributed by atoms with Crippen LogP contribution in [0.2, 0.25) is 5.02 Å². The lowest BCUT2D eigenvalue weighted by Gasteiger charge is -2.10. The first kappa shape index (κ1) is 24.5. The average molecular weight is 479 g/mol. The number of hydrazone groups is 1. The van der Waals surface area contributed by atoms with Crippen LogP contribution in [0.25, 0.3) is 0 Å². The van der Waals surface area contributed by atoms with Crippen LogP contribution >= 0.6 is 11.6 Å². The van der Waals surface area contributed by atoms with Crippen LogP contribution in [0.1, 0.15) is 18.1 Å². The lowest BCUT2D eigenvalue weighted by atomic mass is 10.1. The van der Waals surface area contributed by atoms with Gasteiger partial charge in [0.2, 0.25) is 0 Å². The Balaban J connectivity index is 1.52. The number of rotatable bonds is 8. The van der Waals surface area contributed by atoms with Crippen molar-refractivity contribution in [2.45, 2.75) is 13.3 Å². The Labute approximate surface area is 202 Å². The van der Waals surface area contributed by atoms with Gasteiger partial charge < -0.3 is 15.4 Å². The number of carbonyl (C=O) groups excluding carboxylic acids is 3. The molecule has 34 heavy (non-hydrogen) atoms. The van der Waals surface area contributed by atoms with Crippen molar-refractivity contribution in [3.8, 4) is 5.75 Å². The highest BCUT2D eigenvalue weighted by Crippen LogP contribution is 2.17. The molecule has 0 aliphatic carbocycles.